The van der Waals surface area contributed by atoms with Gasteiger partial charge in [0.15, 0.2) is 5.78 Å². The molecule has 1 fully saturated rings. The van der Waals surface area contributed by atoms with Gasteiger partial charge in [-0.3, -0.25) is 4.79 Å². The number of carbonyl (C=O) groups excluding carboxylic acids is 1. The van der Waals surface area contributed by atoms with Gasteiger partial charge in [-0.1, -0.05) is 17.7 Å². The van der Waals surface area contributed by atoms with E-state index in [0.717, 1.165) is 82.7 Å². The van der Waals surface area contributed by atoms with Gasteiger partial charge in [-0.15, -0.1) is 0 Å². The first-order valence-electron chi connectivity index (χ1n) is 11.2. The molecule has 0 unspecified atom stereocenters. The fraction of sp³-hybridized carbons (Fsp3) is 0.480. The van der Waals surface area contributed by atoms with Crippen molar-refractivity contribution in [2.45, 2.75) is 32.1 Å². The zero-order chi connectivity index (χ0) is 20.8. The topological polar surface area (TPSA) is 41.6 Å². The molecule has 1 N–H and O–H groups in total. The predicted octanol–water partition coefficient (Wildman–Crippen LogP) is 4.39. The lowest BCUT2D eigenvalue weighted by Crippen LogP contribution is -2.37. The summed E-state index contributed by atoms with van der Waals surface area (Å²) in [6, 6.07) is 13.8. The van der Waals surface area contributed by atoms with Gasteiger partial charge in [0.25, 0.3) is 0 Å². The Hall–Kier alpha value is -1.88. The molecule has 0 aliphatic carbocycles. The molecular weight excluding hydrogens is 396 g/mol. The van der Waals surface area contributed by atoms with Crippen LogP contribution >= 0.6 is 11.6 Å². The number of benzene rings is 2. The Morgan fingerprint density at radius 2 is 1.77 bits per heavy atom. The largest absolute Gasteiger partial charge is 0.494 e. The number of fused-ring (bicyclic) bond motifs is 1. The molecule has 0 radical (unpaired) electrons. The first-order valence-corrected chi connectivity index (χ1v) is 11.5. The maximum absolute atomic E-state index is 12.7. The summed E-state index contributed by atoms with van der Waals surface area (Å²) in [5, 5.41) is 4.12. The number of likely N-dealkylation sites (tertiary alicyclic amines) is 1. The molecule has 0 amide bonds. The Morgan fingerprint density at radius 3 is 2.53 bits per heavy atom. The Bertz CT molecular complexity index is 845. The summed E-state index contributed by atoms with van der Waals surface area (Å²) in [5.41, 5.74) is 3.65. The summed E-state index contributed by atoms with van der Waals surface area (Å²) in [6.45, 7) is 5.84. The second-order valence-electron chi connectivity index (χ2n) is 8.37. The number of carbonyl (C=O) groups is 1. The van der Waals surface area contributed by atoms with Gasteiger partial charge in [0, 0.05) is 23.0 Å². The Labute approximate surface area is 184 Å². The number of halogens is 1. The van der Waals surface area contributed by atoms with Crippen LogP contribution in [0.1, 0.15) is 40.7 Å². The molecule has 0 atom stereocenters. The van der Waals surface area contributed by atoms with Crippen LogP contribution in [0.5, 0.6) is 5.75 Å². The van der Waals surface area contributed by atoms with Crippen LogP contribution in [0.3, 0.4) is 0 Å². The fourth-order valence-electron chi connectivity index (χ4n) is 4.49. The highest BCUT2D eigenvalue weighted by Crippen LogP contribution is 2.23. The number of nitrogens with zero attached hydrogens (tertiary/aromatic N) is 1. The van der Waals surface area contributed by atoms with Gasteiger partial charge in [0.2, 0.25) is 0 Å². The van der Waals surface area contributed by atoms with E-state index >= 15 is 0 Å². The van der Waals surface area contributed by atoms with E-state index in [9.17, 15) is 4.79 Å². The molecule has 2 aliphatic rings. The quantitative estimate of drug-likeness (QED) is 0.526. The van der Waals surface area contributed by atoms with Gasteiger partial charge >= 0.3 is 0 Å². The molecule has 0 aromatic heterocycles. The number of piperidine rings is 1. The zero-order valence-corrected chi connectivity index (χ0v) is 18.3. The summed E-state index contributed by atoms with van der Waals surface area (Å²) in [6.07, 6.45) is 5.05. The molecular formula is C25H31ClN2O2. The van der Waals surface area contributed by atoms with Gasteiger partial charge in [0.1, 0.15) is 5.75 Å². The van der Waals surface area contributed by atoms with Crippen molar-refractivity contribution in [1.29, 1.82) is 0 Å². The maximum atomic E-state index is 12.7. The lowest BCUT2D eigenvalue weighted by Gasteiger charge is -2.31. The van der Waals surface area contributed by atoms with Crippen LogP contribution < -0.4 is 10.1 Å². The highest BCUT2D eigenvalue weighted by atomic mass is 35.5. The van der Waals surface area contributed by atoms with E-state index in [2.05, 4.69) is 28.4 Å². The van der Waals surface area contributed by atoms with Gasteiger partial charge in [0.05, 0.1) is 6.61 Å². The summed E-state index contributed by atoms with van der Waals surface area (Å²) in [7, 11) is 0. The van der Waals surface area contributed by atoms with E-state index in [1.54, 1.807) is 12.1 Å². The average molecular weight is 427 g/mol. The minimum absolute atomic E-state index is 0.132. The van der Waals surface area contributed by atoms with E-state index in [1.807, 2.05) is 12.1 Å². The molecule has 2 aromatic rings. The van der Waals surface area contributed by atoms with Crippen LogP contribution in [-0.2, 0) is 12.8 Å². The molecule has 0 saturated carbocycles. The lowest BCUT2D eigenvalue weighted by molar-refractivity contribution is 0.0835. The van der Waals surface area contributed by atoms with E-state index in [-0.39, 0.29) is 11.7 Å². The molecule has 160 valence electrons. The number of ether oxygens (including phenoxy) is 1. The van der Waals surface area contributed by atoms with Crippen molar-refractivity contribution in [2.24, 2.45) is 5.92 Å². The minimum atomic E-state index is 0.132. The van der Waals surface area contributed by atoms with Gasteiger partial charge < -0.3 is 15.0 Å². The van der Waals surface area contributed by atoms with Gasteiger partial charge in [-0.25, -0.2) is 0 Å². The molecule has 4 nitrogen and oxygen atoms in total. The minimum Gasteiger partial charge on any atom is -0.494 e. The highest BCUT2D eigenvalue weighted by Gasteiger charge is 2.25. The molecule has 2 aromatic carbocycles. The molecule has 30 heavy (non-hydrogen) atoms. The number of hydrogen-bond acceptors (Lipinski definition) is 4. The molecule has 1 saturated heterocycles. The van der Waals surface area contributed by atoms with E-state index in [1.165, 1.54) is 11.1 Å². The van der Waals surface area contributed by atoms with Crippen molar-refractivity contribution in [2.75, 3.05) is 39.3 Å². The van der Waals surface area contributed by atoms with Gasteiger partial charge in [-0.2, -0.15) is 0 Å². The van der Waals surface area contributed by atoms with Crippen molar-refractivity contribution in [3.8, 4) is 5.75 Å². The number of nitrogens with one attached hydrogen (secondary N) is 1. The summed E-state index contributed by atoms with van der Waals surface area (Å²) >= 11 is 5.93. The third kappa shape index (κ3) is 5.63. The zero-order valence-electron chi connectivity index (χ0n) is 17.5. The van der Waals surface area contributed by atoms with E-state index < -0.39 is 0 Å². The van der Waals surface area contributed by atoms with Crippen molar-refractivity contribution in [3.05, 3.63) is 64.2 Å². The Morgan fingerprint density at radius 1 is 1.03 bits per heavy atom. The molecule has 2 aliphatic heterocycles. The first-order chi connectivity index (χ1) is 14.7. The standard InChI is InChI=1S/C25H31ClN2O2/c26-23-5-2-20(3-6-23)25(29)21-10-15-28(16-11-21)14-1-17-30-24-7-4-19-8-12-27-13-9-22(19)18-24/h2-7,18,21,27H,1,8-17H2. The maximum Gasteiger partial charge on any atom is 0.166 e. The summed E-state index contributed by atoms with van der Waals surface area (Å²) in [4.78, 5) is 15.1. The SMILES string of the molecule is O=C(c1ccc(Cl)cc1)C1CCN(CCCOc2ccc3c(c2)CCNCC3)CC1. The van der Waals surface area contributed by atoms with E-state index in [4.69, 9.17) is 16.3 Å². The Kier molecular flexibility index (Phi) is 7.42. The van der Waals surface area contributed by atoms with Crippen molar-refractivity contribution >= 4 is 17.4 Å². The van der Waals surface area contributed by atoms with Crippen LogP contribution in [0, 0.1) is 5.92 Å². The molecule has 2 heterocycles. The van der Waals surface area contributed by atoms with Gasteiger partial charge in [-0.05, 0) is 106 Å². The first kappa shape index (κ1) is 21.4. The number of Topliss-reactive ketones (excluding diaryl/α,β-unsaturated/α-hetero) is 1. The fourth-order valence-corrected chi connectivity index (χ4v) is 4.61. The van der Waals surface area contributed by atoms with Crippen LogP contribution in [0.15, 0.2) is 42.5 Å². The van der Waals surface area contributed by atoms with Crippen molar-refractivity contribution in [3.63, 3.8) is 0 Å². The average Bonchev–Trinajstić information content (AvgIpc) is 3.02. The van der Waals surface area contributed by atoms with Crippen LogP contribution in [0.4, 0.5) is 0 Å². The van der Waals surface area contributed by atoms with Crippen LogP contribution in [0.2, 0.25) is 5.02 Å². The van der Waals surface area contributed by atoms with Crippen molar-refractivity contribution < 1.29 is 9.53 Å². The third-order valence-electron chi connectivity index (χ3n) is 6.29. The third-order valence-corrected chi connectivity index (χ3v) is 6.55. The number of ketones is 1. The second-order valence-corrected chi connectivity index (χ2v) is 8.81. The van der Waals surface area contributed by atoms with Crippen LogP contribution in [0.25, 0.3) is 0 Å². The lowest BCUT2D eigenvalue weighted by atomic mass is 9.89. The second kappa shape index (κ2) is 10.4. The molecule has 0 bridgehead atoms. The predicted molar refractivity (Wildman–Crippen MR) is 122 cm³/mol. The normalized spacial score (nSPS) is 17.9. The highest BCUT2D eigenvalue weighted by molar-refractivity contribution is 6.30. The number of hydrogen-bond donors (Lipinski definition) is 1. The molecule has 5 heteroatoms. The smallest absolute Gasteiger partial charge is 0.166 e. The van der Waals surface area contributed by atoms with E-state index in [0.29, 0.717) is 5.02 Å². The Balaban J connectivity index is 1.17. The van der Waals surface area contributed by atoms with Crippen LogP contribution in [-0.4, -0.2) is 50.0 Å². The monoisotopic (exact) mass is 426 g/mol. The van der Waals surface area contributed by atoms with Crippen molar-refractivity contribution in [1.82, 2.24) is 10.2 Å². The summed E-state index contributed by atoms with van der Waals surface area (Å²) < 4.78 is 6.02. The summed E-state index contributed by atoms with van der Waals surface area (Å²) in [5.74, 6) is 1.38. The number of rotatable bonds is 7. The molecule has 0 spiro atoms. The molecule has 4 rings (SSSR count).